The van der Waals surface area contributed by atoms with E-state index in [1.54, 1.807) is 0 Å². The highest BCUT2D eigenvalue weighted by Crippen LogP contribution is 2.28. The van der Waals surface area contributed by atoms with Crippen molar-refractivity contribution >= 4 is 17.2 Å². The number of carbonyl (C=O) groups is 1. The number of hydrogen-bond donors (Lipinski definition) is 1. The van der Waals surface area contributed by atoms with Gasteiger partial charge in [-0.25, -0.2) is 0 Å². The molecular weight excluding hydrogens is 254 g/mol. The van der Waals surface area contributed by atoms with Gasteiger partial charge in [-0.15, -0.1) is 11.3 Å². The van der Waals surface area contributed by atoms with Crippen LogP contribution in [0.4, 0.5) is 0 Å². The summed E-state index contributed by atoms with van der Waals surface area (Å²) >= 11 is 1.49. The summed E-state index contributed by atoms with van der Waals surface area (Å²) in [5.41, 5.74) is 2.10. The quantitative estimate of drug-likeness (QED) is 0.889. The summed E-state index contributed by atoms with van der Waals surface area (Å²) in [4.78, 5) is 13.1. The SMILES string of the molecule is CC(C)C(C)NC(=O)c1sccc1-c1ccccc1. The number of carbonyl (C=O) groups excluding carboxylic acids is 1. The fourth-order valence-corrected chi connectivity index (χ4v) is 2.59. The topological polar surface area (TPSA) is 29.1 Å². The van der Waals surface area contributed by atoms with Gasteiger partial charge in [0.25, 0.3) is 5.91 Å². The van der Waals surface area contributed by atoms with Gasteiger partial charge in [0.1, 0.15) is 0 Å². The molecule has 1 aromatic carbocycles. The molecule has 0 saturated carbocycles. The Balaban J connectivity index is 2.23. The van der Waals surface area contributed by atoms with Gasteiger partial charge in [0.2, 0.25) is 0 Å². The van der Waals surface area contributed by atoms with Crippen LogP contribution >= 0.6 is 11.3 Å². The standard InChI is InChI=1S/C16H19NOS/c1-11(2)12(3)17-16(18)15-14(9-10-19-15)13-7-5-4-6-8-13/h4-12H,1-3H3,(H,17,18). The predicted octanol–water partition coefficient (Wildman–Crippen LogP) is 4.19. The van der Waals surface area contributed by atoms with E-state index in [1.807, 2.05) is 48.7 Å². The maximum absolute atomic E-state index is 12.3. The molecule has 0 bridgehead atoms. The van der Waals surface area contributed by atoms with Crippen molar-refractivity contribution in [2.45, 2.75) is 26.8 Å². The zero-order chi connectivity index (χ0) is 13.8. The molecule has 0 aliphatic rings. The third-order valence-corrected chi connectivity index (χ3v) is 4.23. The smallest absolute Gasteiger partial charge is 0.262 e. The summed E-state index contributed by atoms with van der Waals surface area (Å²) < 4.78 is 0. The molecule has 1 unspecified atom stereocenters. The highest BCUT2D eigenvalue weighted by Gasteiger charge is 2.17. The van der Waals surface area contributed by atoms with Crippen molar-refractivity contribution in [2.24, 2.45) is 5.92 Å². The van der Waals surface area contributed by atoms with E-state index in [1.165, 1.54) is 11.3 Å². The lowest BCUT2D eigenvalue weighted by molar-refractivity contribution is 0.0935. The van der Waals surface area contributed by atoms with Gasteiger partial charge < -0.3 is 5.32 Å². The minimum absolute atomic E-state index is 0.0232. The fraction of sp³-hybridized carbons (Fsp3) is 0.312. The first kappa shape index (κ1) is 13.8. The van der Waals surface area contributed by atoms with E-state index in [0.717, 1.165) is 16.0 Å². The molecule has 1 aromatic heterocycles. The number of amides is 1. The van der Waals surface area contributed by atoms with Crippen molar-refractivity contribution in [3.8, 4) is 11.1 Å². The highest BCUT2D eigenvalue weighted by molar-refractivity contribution is 7.12. The maximum Gasteiger partial charge on any atom is 0.262 e. The van der Waals surface area contributed by atoms with Crippen LogP contribution in [0.25, 0.3) is 11.1 Å². The normalized spacial score (nSPS) is 12.4. The molecule has 2 aromatic rings. The Hall–Kier alpha value is -1.61. The van der Waals surface area contributed by atoms with Gasteiger partial charge in [0, 0.05) is 11.6 Å². The summed E-state index contributed by atoms with van der Waals surface area (Å²) in [6.07, 6.45) is 0. The van der Waals surface area contributed by atoms with Gasteiger partial charge in [-0.05, 0) is 29.9 Å². The Morgan fingerprint density at radius 2 is 1.79 bits per heavy atom. The van der Waals surface area contributed by atoms with Gasteiger partial charge in [-0.1, -0.05) is 44.2 Å². The Labute approximate surface area is 118 Å². The van der Waals surface area contributed by atoms with E-state index in [9.17, 15) is 4.79 Å². The van der Waals surface area contributed by atoms with E-state index in [-0.39, 0.29) is 11.9 Å². The van der Waals surface area contributed by atoms with E-state index in [0.29, 0.717) is 5.92 Å². The third kappa shape index (κ3) is 3.24. The van der Waals surface area contributed by atoms with Crippen LogP contribution in [0.1, 0.15) is 30.4 Å². The zero-order valence-corrected chi connectivity index (χ0v) is 12.3. The van der Waals surface area contributed by atoms with Gasteiger partial charge in [0.15, 0.2) is 0 Å². The molecule has 0 aliphatic heterocycles. The lowest BCUT2D eigenvalue weighted by Crippen LogP contribution is -2.35. The average Bonchev–Trinajstić information content (AvgIpc) is 2.88. The van der Waals surface area contributed by atoms with Crippen LogP contribution in [0.2, 0.25) is 0 Å². The van der Waals surface area contributed by atoms with Crippen LogP contribution in [0.3, 0.4) is 0 Å². The van der Waals surface area contributed by atoms with Gasteiger partial charge in [0.05, 0.1) is 4.88 Å². The molecule has 0 fully saturated rings. The minimum atomic E-state index is 0.0232. The van der Waals surface area contributed by atoms with E-state index in [2.05, 4.69) is 19.2 Å². The van der Waals surface area contributed by atoms with Crippen LogP contribution in [0.15, 0.2) is 41.8 Å². The summed E-state index contributed by atoms with van der Waals surface area (Å²) in [7, 11) is 0. The highest BCUT2D eigenvalue weighted by atomic mass is 32.1. The molecule has 19 heavy (non-hydrogen) atoms. The molecular formula is C16H19NOS. The van der Waals surface area contributed by atoms with Crippen molar-refractivity contribution in [1.82, 2.24) is 5.32 Å². The Bertz CT molecular complexity index is 545. The van der Waals surface area contributed by atoms with E-state index >= 15 is 0 Å². The first-order valence-corrected chi connectivity index (χ1v) is 7.41. The summed E-state index contributed by atoms with van der Waals surface area (Å²) in [5.74, 6) is 0.458. The van der Waals surface area contributed by atoms with Crippen LogP contribution in [-0.2, 0) is 0 Å². The molecule has 1 heterocycles. The molecule has 1 atom stereocenters. The summed E-state index contributed by atoms with van der Waals surface area (Å²) in [5, 5.41) is 5.03. The summed E-state index contributed by atoms with van der Waals surface area (Å²) in [6.45, 7) is 6.26. The van der Waals surface area contributed by atoms with Crippen LogP contribution in [-0.4, -0.2) is 11.9 Å². The van der Waals surface area contributed by atoms with Crippen molar-refractivity contribution in [1.29, 1.82) is 0 Å². The first-order valence-electron chi connectivity index (χ1n) is 6.53. The molecule has 2 rings (SSSR count). The van der Waals surface area contributed by atoms with Crippen molar-refractivity contribution in [3.63, 3.8) is 0 Å². The second-order valence-corrected chi connectivity index (χ2v) is 5.95. The van der Waals surface area contributed by atoms with E-state index in [4.69, 9.17) is 0 Å². The zero-order valence-electron chi connectivity index (χ0n) is 11.5. The van der Waals surface area contributed by atoms with Crippen LogP contribution in [0.5, 0.6) is 0 Å². The molecule has 0 spiro atoms. The van der Waals surface area contributed by atoms with Crippen LogP contribution < -0.4 is 5.32 Å². The number of hydrogen-bond acceptors (Lipinski definition) is 2. The van der Waals surface area contributed by atoms with Crippen molar-refractivity contribution < 1.29 is 4.79 Å². The third-order valence-electron chi connectivity index (χ3n) is 3.32. The monoisotopic (exact) mass is 273 g/mol. The lowest BCUT2D eigenvalue weighted by Gasteiger charge is -2.17. The predicted molar refractivity (Wildman–Crippen MR) is 81.5 cm³/mol. The molecule has 3 heteroatoms. The summed E-state index contributed by atoms with van der Waals surface area (Å²) in [6, 6.07) is 12.2. The second kappa shape index (κ2) is 6.02. The molecule has 2 nitrogen and oxygen atoms in total. The lowest BCUT2D eigenvalue weighted by atomic mass is 10.0. The number of benzene rings is 1. The second-order valence-electron chi connectivity index (χ2n) is 5.04. The number of thiophene rings is 1. The number of rotatable bonds is 4. The minimum Gasteiger partial charge on any atom is -0.349 e. The molecule has 0 radical (unpaired) electrons. The van der Waals surface area contributed by atoms with Gasteiger partial charge >= 0.3 is 0 Å². The molecule has 0 saturated heterocycles. The van der Waals surface area contributed by atoms with Crippen molar-refractivity contribution in [2.75, 3.05) is 0 Å². The van der Waals surface area contributed by atoms with Crippen molar-refractivity contribution in [3.05, 3.63) is 46.7 Å². The van der Waals surface area contributed by atoms with Crippen LogP contribution in [0, 0.1) is 5.92 Å². The Morgan fingerprint density at radius 1 is 1.11 bits per heavy atom. The van der Waals surface area contributed by atoms with Gasteiger partial charge in [-0.2, -0.15) is 0 Å². The Kier molecular flexibility index (Phi) is 4.38. The largest absolute Gasteiger partial charge is 0.349 e. The number of nitrogens with one attached hydrogen (secondary N) is 1. The maximum atomic E-state index is 12.3. The fourth-order valence-electron chi connectivity index (χ4n) is 1.77. The molecule has 1 N–H and O–H groups in total. The first-order chi connectivity index (χ1) is 9.09. The van der Waals surface area contributed by atoms with Gasteiger partial charge in [-0.3, -0.25) is 4.79 Å². The molecule has 0 aliphatic carbocycles. The molecule has 1 amide bonds. The van der Waals surface area contributed by atoms with E-state index < -0.39 is 0 Å². The average molecular weight is 273 g/mol. The Morgan fingerprint density at radius 3 is 2.42 bits per heavy atom. The molecule has 100 valence electrons.